The second-order valence-electron chi connectivity index (χ2n) is 6.82. The largest absolute Gasteiger partial charge is 0.369 e. The normalized spacial score (nSPS) is 18.0. The van der Waals surface area contributed by atoms with Gasteiger partial charge in [-0.15, -0.1) is 0 Å². The van der Waals surface area contributed by atoms with Crippen LogP contribution in [0.1, 0.15) is 30.4 Å². The summed E-state index contributed by atoms with van der Waals surface area (Å²) in [5, 5.41) is 0. The Morgan fingerprint density at radius 3 is 2.68 bits per heavy atom. The van der Waals surface area contributed by atoms with Crippen LogP contribution < -0.4 is 10.6 Å². The van der Waals surface area contributed by atoms with Crippen molar-refractivity contribution < 1.29 is 14.0 Å². The lowest BCUT2D eigenvalue weighted by molar-refractivity contribution is -0.120. The summed E-state index contributed by atoms with van der Waals surface area (Å²) in [6, 6.07) is 4.97. The maximum atomic E-state index is 14.7. The van der Waals surface area contributed by atoms with Gasteiger partial charge in [0.25, 0.3) is 0 Å². The topological polar surface area (TPSA) is 76.3 Å². The smallest absolute Gasteiger partial charge is 0.228 e. The Bertz CT molecular complexity index is 906. The lowest BCUT2D eigenvalue weighted by atomic mass is 9.92. The zero-order valence-corrected chi connectivity index (χ0v) is 13.9. The van der Waals surface area contributed by atoms with Gasteiger partial charge in [-0.1, -0.05) is 0 Å². The Balaban J connectivity index is 1.79. The number of aromatic nitrogens is 1. The van der Waals surface area contributed by atoms with Crippen molar-refractivity contribution in [1.82, 2.24) is 4.98 Å². The maximum Gasteiger partial charge on any atom is 0.228 e. The number of fused-ring (bicyclic) bond motifs is 1. The summed E-state index contributed by atoms with van der Waals surface area (Å²) in [5.41, 5.74) is 8.19. The summed E-state index contributed by atoms with van der Waals surface area (Å²) in [6.45, 7) is 0. The molecular weight excluding hydrogens is 321 g/mol. The van der Waals surface area contributed by atoms with Crippen molar-refractivity contribution in [2.45, 2.75) is 31.1 Å². The van der Waals surface area contributed by atoms with E-state index >= 15 is 0 Å². The van der Waals surface area contributed by atoms with Crippen LogP contribution in [-0.2, 0) is 21.4 Å². The molecule has 2 amide bonds. The van der Waals surface area contributed by atoms with Crippen molar-refractivity contribution in [3.8, 4) is 11.1 Å². The zero-order chi connectivity index (χ0) is 17.8. The maximum absolute atomic E-state index is 14.7. The predicted molar refractivity (Wildman–Crippen MR) is 91.5 cm³/mol. The second kappa shape index (κ2) is 5.37. The Kier molecular flexibility index (Phi) is 3.39. The Hall–Kier alpha value is -2.76. The number of anilines is 1. The van der Waals surface area contributed by atoms with Gasteiger partial charge in [0.1, 0.15) is 5.82 Å². The third-order valence-corrected chi connectivity index (χ3v) is 5.34. The number of nitrogens with zero attached hydrogens (tertiary/aromatic N) is 2. The summed E-state index contributed by atoms with van der Waals surface area (Å²) in [4.78, 5) is 29.2. The molecule has 128 valence electrons. The van der Waals surface area contributed by atoms with E-state index in [1.165, 1.54) is 11.0 Å². The first-order valence-corrected chi connectivity index (χ1v) is 8.27. The third kappa shape index (κ3) is 2.40. The first-order valence-electron chi connectivity index (χ1n) is 8.27. The number of rotatable bonds is 3. The van der Waals surface area contributed by atoms with Crippen LogP contribution in [-0.4, -0.2) is 23.8 Å². The molecule has 4 rings (SSSR count). The minimum absolute atomic E-state index is 0.0135. The zero-order valence-electron chi connectivity index (χ0n) is 13.9. The van der Waals surface area contributed by atoms with Gasteiger partial charge in [0.05, 0.1) is 5.41 Å². The number of pyridine rings is 1. The molecule has 0 spiro atoms. The van der Waals surface area contributed by atoms with Gasteiger partial charge in [0, 0.05) is 42.7 Å². The van der Waals surface area contributed by atoms with Gasteiger partial charge in [0.15, 0.2) is 0 Å². The van der Waals surface area contributed by atoms with Crippen LogP contribution in [0, 0.1) is 5.82 Å². The highest BCUT2D eigenvalue weighted by molar-refractivity contribution is 5.96. The molecule has 0 bridgehead atoms. The first kappa shape index (κ1) is 15.7. The Morgan fingerprint density at radius 2 is 2.00 bits per heavy atom. The summed E-state index contributed by atoms with van der Waals surface area (Å²) in [5.74, 6) is -0.791. The van der Waals surface area contributed by atoms with E-state index in [1.54, 1.807) is 31.6 Å². The number of benzene rings is 1. The molecule has 1 aliphatic carbocycles. The number of aryl methyl sites for hydroxylation is 1. The molecule has 25 heavy (non-hydrogen) atoms. The fourth-order valence-electron chi connectivity index (χ4n) is 3.54. The molecule has 1 aromatic heterocycles. The van der Waals surface area contributed by atoms with Gasteiger partial charge in [-0.25, -0.2) is 4.39 Å². The van der Waals surface area contributed by atoms with Gasteiger partial charge >= 0.3 is 0 Å². The van der Waals surface area contributed by atoms with E-state index < -0.39 is 11.2 Å². The van der Waals surface area contributed by atoms with E-state index in [2.05, 4.69) is 4.98 Å². The summed E-state index contributed by atoms with van der Waals surface area (Å²) in [7, 11) is 1.66. The SMILES string of the molecule is CN1C(=O)CCc2cc(-c3cncc(C4(C(N)=O)CC4)c3)c(F)cc21. The number of carbonyl (C=O) groups is 2. The van der Waals surface area contributed by atoms with Gasteiger partial charge in [0.2, 0.25) is 11.8 Å². The fraction of sp³-hybridized carbons (Fsp3) is 0.316. The molecule has 2 N–H and O–H groups in total. The highest BCUT2D eigenvalue weighted by Gasteiger charge is 2.50. The van der Waals surface area contributed by atoms with Gasteiger partial charge in [-0.3, -0.25) is 14.6 Å². The van der Waals surface area contributed by atoms with Crippen molar-refractivity contribution >= 4 is 17.5 Å². The molecule has 2 aromatic rings. The lowest BCUT2D eigenvalue weighted by Crippen LogP contribution is -2.31. The molecule has 2 aliphatic rings. The predicted octanol–water partition coefficient (Wildman–Crippen LogP) is 2.31. The van der Waals surface area contributed by atoms with Crippen LogP contribution in [0.3, 0.4) is 0 Å². The number of nitrogens with two attached hydrogens (primary N) is 1. The molecule has 0 saturated heterocycles. The molecule has 6 heteroatoms. The number of halogens is 1. The lowest BCUT2D eigenvalue weighted by Gasteiger charge is -2.26. The third-order valence-electron chi connectivity index (χ3n) is 5.34. The van der Waals surface area contributed by atoms with Crippen molar-refractivity contribution in [2.75, 3.05) is 11.9 Å². The van der Waals surface area contributed by atoms with Crippen molar-refractivity contribution in [3.63, 3.8) is 0 Å². The van der Waals surface area contributed by atoms with Crippen molar-refractivity contribution in [2.24, 2.45) is 5.73 Å². The summed E-state index contributed by atoms with van der Waals surface area (Å²) < 4.78 is 14.7. The van der Waals surface area contributed by atoms with Crippen LogP contribution in [0.4, 0.5) is 10.1 Å². The van der Waals surface area contributed by atoms with Crippen molar-refractivity contribution in [3.05, 3.63) is 47.5 Å². The molecule has 1 aliphatic heterocycles. The summed E-state index contributed by atoms with van der Waals surface area (Å²) in [6.07, 6.45) is 5.62. The Morgan fingerprint density at radius 1 is 1.24 bits per heavy atom. The monoisotopic (exact) mass is 339 g/mol. The van der Waals surface area contributed by atoms with Crippen LogP contribution in [0.25, 0.3) is 11.1 Å². The highest BCUT2D eigenvalue weighted by Crippen LogP contribution is 2.48. The molecule has 0 radical (unpaired) electrons. The van der Waals surface area contributed by atoms with E-state index in [9.17, 15) is 14.0 Å². The van der Waals surface area contributed by atoms with Gasteiger partial charge in [-0.2, -0.15) is 0 Å². The Labute approximate surface area is 144 Å². The minimum atomic E-state index is -0.652. The summed E-state index contributed by atoms with van der Waals surface area (Å²) >= 11 is 0. The number of hydrogen-bond acceptors (Lipinski definition) is 3. The van der Waals surface area contributed by atoms with Gasteiger partial charge < -0.3 is 10.6 Å². The van der Waals surface area contributed by atoms with E-state index in [4.69, 9.17) is 5.73 Å². The van der Waals surface area contributed by atoms with E-state index in [-0.39, 0.29) is 11.8 Å². The number of hydrogen-bond donors (Lipinski definition) is 1. The van der Waals surface area contributed by atoms with E-state index in [0.29, 0.717) is 42.5 Å². The van der Waals surface area contributed by atoms with Crippen LogP contribution in [0.15, 0.2) is 30.6 Å². The van der Waals surface area contributed by atoms with Crippen LogP contribution in [0.2, 0.25) is 0 Å². The number of carbonyl (C=O) groups excluding carboxylic acids is 2. The van der Waals surface area contributed by atoms with Crippen molar-refractivity contribution in [1.29, 1.82) is 0 Å². The fourth-order valence-corrected chi connectivity index (χ4v) is 3.54. The average Bonchev–Trinajstić information content (AvgIpc) is 3.40. The molecule has 5 nitrogen and oxygen atoms in total. The second-order valence-corrected chi connectivity index (χ2v) is 6.82. The standard InChI is InChI=1S/C19H18FN3O2/c1-23-16-8-15(20)14(7-11(16)2-3-17(23)24)12-6-13(10-22-9-12)19(4-5-19)18(21)25/h6-10H,2-5H2,1H3,(H2,21,25). The molecule has 0 atom stereocenters. The minimum Gasteiger partial charge on any atom is -0.369 e. The van der Waals surface area contributed by atoms with Gasteiger partial charge in [-0.05, 0) is 48.6 Å². The molecule has 2 heterocycles. The molecule has 1 fully saturated rings. The highest BCUT2D eigenvalue weighted by atomic mass is 19.1. The number of amides is 2. The molecule has 0 unspecified atom stereocenters. The van der Waals surface area contributed by atoms with Crippen LogP contribution >= 0.6 is 0 Å². The quantitative estimate of drug-likeness (QED) is 0.932. The molecule has 1 saturated carbocycles. The van der Waals surface area contributed by atoms with E-state index in [1.807, 2.05) is 0 Å². The molecular formula is C19H18FN3O2. The molecule has 1 aromatic carbocycles. The average molecular weight is 339 g/mol. The van der Waals surface area contributed by atoms with E-state index in [0.717, 1.165) is 11.1 Å². The number of primary amides is 1. The van der Waals surface area contributed by atoms with Crippen LogP contribution in [0.5, 0.6) is 0 Å². The first-order chi connectivity index (χ1) is 11.9.